The summed E-state index contributed by atoms with van der Waals surface area (Å²) in [6.45, 7) is 7.33. The van der Waals surface area contributed by atoms with Crippen molar-refractivity contribution in [3.8, 4) is 0 Å². The van der Waals surface area contributed by atoms with Crippen LogP contribution in [0.25, 0.3) is 0 Å². The number of amides is 1. The van der Waals surface area contributed by atoms with E-state index in [4.69, 9.17) is 0 Å². The molecule has 0 saturated carbocycles. The van der Waals surface area contributed by atoms with Crippen LogP contribution in [0.15, 0.2) is 18.3 Å². The van der Waals surface area contributed by atoms with Crippen molar-refractivity contribution in [1.29, 1.82) is 0 Å². The lowest BCUT2D eigenvalue weighted by Crippen LogP contribution is -2.46. The minimum atomic E-state index is 0.120. The second kappa shape index (κ2) is 6.41. The van der Waals surface area contributed by atoms with Gasteiger partial charge in [-0.25, -0.2) is 4.98 Å². The third kappa shape index (κ3) is 3.33. The molecule has 1 aromatic rings. The van der Waals surface area contributed by atoms with Crippen molar-refractivity contribution in [3.05, 3.63) is 23.9 Å². The summed E-state index contributed by atoms with van der Waals surface area (Å²) in [5.41, 5.74) is 0.751. The van der Waals surface area contributed by atoms with Crippen LogP contribution in [0.3, 0.4) is 0 Å². The van der Waals surface area contributed by atoms with Gasteiger partial charge in [0.2, 0.25) is 0 Å². The van der Waals surface area contributed by atoms with Crippen LogP contribution in [0.5, 0.6) is 0 Å². The highest BCUT2D eigenvalue weighted by Crippen LogP contribution is 2.16. The van der Waals surface area contributed by atoms with Crippen LogP contribution in [0.1, 0.15) is 10.4 Å². The van der Waals surface area contributed by atoms with Gasteiger partial charge in [0.25, 0.3) is 5.91 Å². The summed E-state index contributed by atoms with van der Waals surface area (Å²) < 4.78 is 0. The van der Waals surface area contributed by atoms with Crippen molar-refractivity contribution in [2.45, 2.75) is 0 Å². The van der Waals surface area contributed by atoms with Gasteiger partial charge in [-0.2, -0.15) is 0 Å². The van der Waals surface area contributed by atoms with Gasteiger partial charge in [-0.15, -0.1) is 0 Å². The second-order valence-electron chi connectivity index (χ2n) is 5.74. The van der Waals surface area contributed by atoms with Crippen molar-refractivity contribution in [2.75, 3.05) is 64.3 Å². The van der Waals surface area contributed by atoms with Gasteiger partial charge >= 0.3 is 0 Å². The van der Waals surface area contributed by atoms with Gasteiger partial charge < -0.3 is 20.0 Å². The molecular weight excluding hydrogens is 266 g/mol. The summed E-state index contributed by atoms with van der Waals surface area (Å²) in [6, 6.07) is 3.76. The van der Waals surface area contributed by atoms with Crippen molar-refractivity contribution >= 4 is 11.7 Å². The Morgan fingerprint density at radius 3 is 2.57 bits per heavy atom. The zero-order valence-electron chi connectivity index (χ0n) is 12.6. The van der Waals surface area contributed by atoms with Gasteiger partial charge in [0.05, 0.1) is 0 Å². The Kier molecular flexibility index (Phi) is 4.36. The van der Waals surface area contributed by atoms with Crippen LogP contribution < -0.4 is 10.2 Å². The van der Waals surface area contributed by atoms with E-state index in [9.17, 15) is 4.79 Å². The topological polar surface area (TPSA) is 51.7 Å². The second-order valence-corrected chi connectivity index (χ2v) is 5.74. The Morgan fingerprint density at radius 2 is 1.86 bits per heavy atom. The number of pyridine rings is 1. The van der Waals surface area contributed by atoms with Gasteiger partial charge in [0, 0.05) is 64.1 Å². The number of carbonyl (C=O) groups excluding carboxylic acids is 1. The number of likely N-dealkylation sites (N-methyl/N-ethyl adjacent to an activating group) is 1. The van der Waals surface area contributed by atoms with E-state index in [1.54, 1.807) is 6.20 Å². The predicted molar refractivity (Wildman–Crippen MR) is 82.7 cm³/mol. The zero-order valence-corrected chi connectivity index (χ0v) is 12.6. The maximum Gasteiger partial charge on any atom is 0.254 e. The lowest BCUT2D eigenvalue weighted by molar-refractivity contribution is 0.0735. The molecule has 2 aliphatic heterocycles. The molecule has 2 saturated heterocycles. The molecule has 0 aromatic carbocycles. The summed E-state index contributed by atoms with van der Waals surface area (Å²) in [6.07, 6.45) is 1.75. The standard InChI is InChI=1S/C15H23N5O/c1-18-8-10-19(11-9-18)14-12-13(2-3-17-14)15(21)20-6-4-16-5-7-20/h2-3,12,16H,4-11H2,1H3. The fourth-order valence-corrected chi connectivity index (χ4v) is 2.81. The molecule has 0 unspecified atom stereocenters. The predicted octanol–water partition coefficient (Wildman–Crippen LogP) is -0.121. The zero-order chi connectivity index (χ0) is 14.7. The van der Waals surface area contributed by atoms with E-state index in [1.165, 1.54) is 0 Å². The highest BCUT2D eigenvalue weighted by molar-refractivity contribution is 5.95. The Morgan fingerprint density at radius 1 is 1.14 bits per heavy atom. The first-order valence-electron chi connectivity index (χ1n) is 7.63. The van der Waals surface area contributed by atoms with Crippen LogP contribution in [0.4, 0.5) is 5.82 Å². The molecule has 0 spiro atoms. The molecule has 1 amide bonds. The lowest BCUT2D eigenvalue weighted by Gasteiger charge is -2.33. The van der Waals surface area contributed by atoms with E-state index >= 15 is 0 Å². The Labute approximate surface area is 125 Å². The number of piperazine rings is 2. The molecule has 21 heavy (non-hydrogen) atoms. The average molecular weight is 289 g/mol. The molecule has 2 fully saturated rings. The first-order valence-corrected chi connectivity index (χ1v) is 7.63. The summed E-state index contributed by atoms with van der Waals surface area (Å²) in [5, 5.41) is 3.27. The SMILES string of the molecule is CN1CCN(c2cc(C(=O)N3CCNCC3)ccn2)CC1. The van der Waals surface area contributed by atoms with E-state index in [0.29, 0.717) is 0 Å². The monoisotopic (exact) mass is 289 g/mol. The third-order valence-electron chi connectivity index (χ3n) is 4.22. The fourth-order valence-electron chi connectivity index (χ4n) is 2.81. The van der Waals surface area contributed by atoms with Gasteiger partial charge in [-0.3, -0.25) is 4.79 Å². The number of anilines is 1. The minimum Gasteiger partial charge on any atom is -0.354 e. The summed E-state index contributed by atoms with van der Waals surface area (Å²) in [7, 11) is 2.13. The minimum absolute atomic E-state index is 0.120. The third-order valence-corrected chi connectivity index (χ3v) is 4.22. The van der Waals surface area contributed by atoms with Crippen LogP contribution in [-0.4, -0.2) is 80.1 Å². The Bertz CT molecular complexity index is 493. The summed E-state index contributed by atoms with van der Waals surface area (Å²) >= 11 is 0. The van der Waals surface area contributed by atoms with Crippen LogP contribution >= 0.6 is 0 Å². The van der Waals surface area contributed by atoms with Crippen molar-refractivity contribution in [1.82, 2.24) is 20.1 Å². The normalized spacial score (nSPS) is 20.6. The van der Waals surface area contributed by atoms with E-state index in [-0.39, 0.29) is 5.91 Å². The number of nitrogens with zero attached hydrogens (tertiary/aromatic N) is 4. The van der Waals surface area contributed by atoms with Crippen LogP contribution in [0.2, 0.25) is 0 Å². The van der Waals surface area contributed by atoms with Crippen molar-refractivity contribution in [2.24, 2.45) is 0 Å². The van der Waals surface area contributed by atoms with E-state index in [0.717, 1.165) is 63.7 Å². The largest absolute Gasteiger partial charge is 0.354 e. The Hall–Kier alpha value is -1.66. The molecule has 1 aromatic heterocycles. The number of hydrogen-bond donors (Lipinski definition) is 1. The molecule has 114 valence electrons. The number of carbonyl (C=O) groups is 1. The molecule has 3 heterocycles. The molecule has 0 aliphatic carbocycles. The van der Waals surface area contributed by atoms with E-state index in [1.807, 2.05) is 17.0 Å². The van der Waals surface area contributed by atoms with Gasteiger partial charge in [0.1, 0.15) is 5.82 Å². The maximum absolute atomic E-state index is 12.5. The molecule has 0 radical (unpaired) electrons. The van der Waals surface area contributed by atoms with E-state index < -0.39 is 0 Å². The number of rotatable bonds is 2. The first kappa shape index (κ1) is 14.3. The molecule has 0 atom stereocenters. The molecule has 6 heteroatoms. The highest BCUT2D eigenvalue weighted by atomic mass is 16.2. The average Bonchev–Trinajstić information content (AvgIpc) is 2.56. The molecular formula is C15H23N5O. The van der Waals surface area contributed by atoms with Gasteiger partial charge in [-0.1, -0.05) is 0 Å². The number of hydrogen-bond acceptors (Lipinski definition) is 5. The van der Waals surface area contributed by atoms with Crippen LogP contribution in [-0.2, 0) is 0 Å². The summed E-state index contributed by atoms with van der Waals surface area (Å²) in [5.74, 6) is 1.04. The molecule has 2 aliphatic rings. The van der Waals surface area contributed by atoms with Crippen molar-refractivity contribution < 1.29 is 4.79 Å². The molecule has 0 bridgehead atoms. The summed E-state index contributed by atoms with van der Waals surface area (Å²) in [4.78, 5) is 23.5. The van der Waals surface area contributed by atoms with E-state index in [2.05, 4.69) is 27.1 Å². The molecule has 6 nitrogen and oxygen atoms in total. The highest BCUT2D eigenvalue weighted by Gasteiger charge is 2.20. The molecule has 3 rings (SSSR count). The number of aromatic nitrogens is 1. The van der Waals surface area contributed by atoms with Gasteiger partial charge in [0.15, 0.2) is 0 Å². The van der Waals surface area contributed by atoms with Crippen molar-refractivity contribution in [3.63, 3.8) is 0 Å². The van der Waals surface area contributed by atoms with Gasteiger partial charge in [-0.05, 0) is 19.2 Å². The quantitative estimate of drug-likeness (QED) is 0.822. The first-order chi connectivity index (χ1) is 10.2. The smallest absolute Gasteiger partial charge is 0.254 e. The number of nitrogens with one attached hydrogen (secondary N) is 1. The molecule has 1 N–H and O–H groups in total. The van der Waals surface area contributed by atoms with Crippen LogP contribution in [0, 0.1) is 0 Å². The maximum atomic E-state index is 12.5. The lowest BCUT2D eigenvalue weighted by atomic mass is 10.2. The Balaban J connectivity index is 1.71. The fraction of sp³-hybridized carbons (Fsp3) is 0.600.